The Balaban J connectivity index is 1.33. The predicted molar refractivity (Wildman–Crippen MR) is 177 cm³/mol. The number of rotatable bonds is 12. The van der Waals surface area contributed by atoms with E-state index in [4.69, 9.17) is 4.74 Å². The van der Waals surface area contributed by atoms with Crippen LogP contribution >= 0.6 is 0 Å². The van der Waals surface area contributed by atoms with Gasteiger partial charge < -0.3 is 20.5 Å². The summed E-state index contributed by atoms with van der Waals surface area (Å²) in [4.78, 5) is 55.5. The van der Waals surface area contributed by atoms with Crippen molar-refractivity contribution in [2.45, 2.75) is 58.6 Å². The number of nitrogens with one attached hydrogen (secondary N) is 2. The highest BCUT2D eigenvalue weighted by molar-refractivity contribution is 5.96. The Kier molecular flexibility index (Phi) is 11.1. The Morgan fingerprint density at radius 3 is 2.35 bits per heavy atom. The van der Waals surface area contributed by atoms with Crippen molar-refractivity contribution in [3.8, 4) is 11.1 Å². The second-order valence-corrected chi connectivity index (χ2v) is 12.1. The van der Waals surface area contributed by atoms with Crippen molar-refractivity contribution < 1.29 is 29.0 Å². The van der Waals surface area contributed by atoms with Crippen LogP contribution in [0.25, 0.3) is 21.9 Å². The molecule has 0 saturated carbocycles. The van der Waals surface area contributed by atoms with E-state index in [9.17, 15) is 24.3 Å². The topological polar surface area (TPSA) is 138 Å². The quantitative estimate of drug-likeness (QED) is 0.171. The number of ether oxygens (including phenoxy) is 1. The van der Waals surface area contributed by atoms with Crippen LogP contribution in [0.5, 0.6) is 0 Å². The van der Waals surface area contributed by atoms with Gasteiger partial charge in [0, 0.05) is 19.2 Å². The first-order chi connectivity index (χ1) is 21.9. The number of fused-ring (bicyclic) bond motifs is 1. The largest absolute Gasteiger partial charge is 0.481 e. The van der Waals surface area contributed by atoms with Crippen LogP contribution in [0.4, 0.5) is 10.6 Å². The number of hydrogen-bond donors (Lipinski definition) is 3. The summed E-state index contributed by atoms with van der Waals surface area (Å²) in [5, 5.41) is 17.0. The van der Waals surface area contributed by atoms with Crippen molar-refractivity contribution in [1.82, 2.24) is 15.6 Å². The van der Waals surface area contributed by atoms with Gasteiger partial charge in [0.1, 0.15) is 11.4 Å². The van der Waals surface area contributed by atoms with Gasteiger partial charge in [-0.3, -0.25) is 19.3 Å². The second-order valence-electron chi connectivity index (χ2n) is 12.1. The molecule has 0 saturated heterocycles. The molecule has 46 heavy (non-hydrogen) atoms. The lowest BCUT2D eigenvalue weighted by Gasteiger charge is -2.27. The number of carbonyl (C=O) groups excluding carboxylic acids is 3. The molecule has 1 heterocycles. The summed E-state index contributed by atoms with van der Waals surface area (Å²) < 4.78 is 5.53. The maximum absolute atomic E-state index is 12.9. The van der Waals surface area contributed by atoms with Gasteiger partial charge in [0.15, 0.2) is 0 Å². The molecule has 10 nitrogen and oxygen atoms in total. The Labute approximate surface area is 268 Å². The molecule has 3 amide bonds. The van der Waals surface area contributed by atoms with Crippen molar-refractivity contribution in [2.24, 2.45) is 0 Å². The van der Waals surface area contributed by atoms with Crippen molar-refractivity contribution >= 4 is 40.5 Å². The summed E-state index contributed by atoms with van der Waals surface area (Å²) in [6, 6.07) is 24.4. The SMILES string of the molecule is Cc1ccnc(N(CCCC(=O)NCC(=O)N[C@@H](CC(=O)O)c2ccc(-c3cccc4ccccc34)cc2)C(=O)OC(C)(C)C)c1. The molecule has 1 aromatic heterocycles. The first-order valence-electron chi connectivity index (χ1n) is 15.2. The molecule has 0 aliphatic carbocycles. The molecular weight excluding hydrogens is 584 g/mol. The molecule has 0 unspecified atom stereocenters. The number of carboxylic acids is 1. The Morgan fingerprint density at radius 2 is 1.65 bits per heavy atom. The van der Waals surface area contributed by atoms with E-state index in [-0.39, 0.29) is 31.8 Å². The Hall–Kier alpha value is -5.25. The first kappa shape index (κ1) is 33.6. The molecule has 0 aliphatic rings. The van der Waals surface area contributed by atoms with Crippen molar-refractivity contribution in [1.29, 1.82) is 0 Å². The number of amides is 3. The molecule has 0 spiro atoms. The summed E-state index contributed by atoms with van der Waals surface area (Å²) in [7, 11) is 0. The van der Waals surface area contributed by atoms with Crippen LogP contribution in [0.3, 0.4) is 0 Å². The van der Waals surface area contributed by atoms with Crippen molar-refractivity contribution in [2.75, 3.05) is 18.0 Å². The lowest BCUT2D eigenvalue weighted by atomic mass is 9.95. The maximum Gasteiger partial charge on any atom is 0.416 e. The van der Waals surface area contributed by atoms with Crippen LogP contribution < -0.4 is 15.5 Å². The minimum atomic E-state index is -1.06. The zero-order valence-corrected chi connectivity index (χ0v) is 26.6. The summed E-state index contributed by atoms with van der Waals surface area (Å²) >= 11 is 0. The van der Waals surface area contributed by atoms with E-state index >= 15 is 0 Å². The molecule has 10 heteroatoms. The molecule has 1 atom stereocenters. The number of aromatic nitrogens is 1. The number of benzene rings is 3. The van der Waals surface area contributed by atoms with Gasteiger partial charge in [0.25, 0.3) is 0 Å². The van der Waals surface area contributed by atoms with Crippen LogP contribution in [0.2, 0.25) is 0 Å². The molecule has 3 aromatic carbocycles. The van der Waals surface area contributed by atoms with Gasteiger partial charge in [0.05, 0.1) is 19.0 Å². The van der Waals surface area contributed by atoms with Crippen molar-refractivity contribution in [3.05, 3.63) is 96.2 Å². The fourth-order valence-corrected chi connectivity index (χ4v) is 4.99. The van der Waals surface area contributed by atoms with Gasteiger partial charge in [-0.15, -0.1) is 0 Å². The van der Waals surface area contributed by atoms with E-state index in [1.54, 1.807) is 33.0 Å². The highest BCUT2D eigenvalue weighted by Crippen LogP contribution is 2.30. The third kappa shape index (κ3) is 9.62. The standard InChI is InChI=1S/C36H40N4O6/c1-24-18-19-37-31(21-24)40(35(45)46-36(2,3)4)20-8-13-32(41)38-23-33(42)39-30(22-34(43)44)27-16-14-26(15-17-27)29-12-7-10-25-9-5-6-11-28(25)29/h5-7,9-12,14-19,21,30H,8,13,20,22-23H2,1-4H3,(H,38,41)(H,39,42)(H,43,44)/t30-/m0/s1. The number of carbonyl (C=O) groups is 4. The fraction of sp³-hybridized carbons (Fsp3) is 0.306. The summed E-state index contributed by atoms with van der Waals surface area (Å²) in [6.45, 7) is 7.06. The van der Waals surface area contributed by atoms with Gasteiger partial charge in [-0.05, 0) is 79.3 Å². The Morgan fingerprint density at radius 1 is 0.935 bits per heavy atom. The molecule has 3 N–H and O–H groups in total. The second kappa shape index (κ2) is 15.2. The van der Waals surface area contributed by atoms with E-state index in [2.05, 4.69) is 21.7 Å². The van der Waals surface area contributed by atoms with E-state index in [0.29, 0.717) is 17.8 Å². The highest BCUT2D eigenvalue weighted by Gasteiger charge is 2.25. The van der Waals surface area contributed by atoms with Gasteiger partial charge in [-0.25, -0.2) is 9.78 Å². The van der Waals surface area contributed by atoms with Gasteiger partial charge in [-0.2, -0.15) is 0 Å². The van der Waals surface area contributed by atoms with E-state index in [0.717, 1.165) is 27.5 Å². The van der Waals surface area contributed by atoms with Crippen LogP contribution in [0.15, 0.2) is 85.1 Å². The average molecular weight is 625 g/mol. The average Bonchev–Trinajstić information content (AvgIpc) is 3.00. The minimum absolute atomic E-state index is 0.0482. The van der Waals surface area contributed by atoms with Crippen LogP contribution in [-0.2, 0) is 19.1 Å². The molecule has 4 rings (SSSR count). The summed E-state index contributed by atoms with van der Waals surface area (Å²) in [6.07, 6.45) is 1.06. The zero-order chi connectivity index (χ0) is 33.3. The monoisotopic (exact) mass is 624 g/mol. The predicted octanol–water partition coefficient (Wildman–Crippen LogP) is 6.18. The number of aryl methyl sites for hydroxylation is 1. The number of anilines is 1. The number of aliphatic carboxylic acids is 1. The first-order valence-corrected chi connectivity index (χ1v) is 15.2. The molecule has 4 aromatic rings. The smallest absolute Gasteiger partial charge is 0.416 e. The third-order valence-corrected chi connectivity index (χ3v) is 7.15. The fourth-order valence-electron chi connectivity index (χ4n) is 4.99. The van der Waals surface area contributed by atoms with Crippen LogP contribution in [-0.4, -0.2) is 52.7 Å². The van der Waals surface area contributed by atoms with Gasteiger partial charge >= 0.3 is 12.1 Å². The third-order valence-electron chi connectivity index (χ3n) is 7.15. The molecule has 0 bridgehead atoms. The molecule has 0 fully saturated rings. The van der Waals surface area contributed by atoms with E-state index < -0.39 is 29.6 Å². The van der Waals surface area contributed by atoms with E-state index in [1.807, 2.05) is 73.7 Å². The van der Waals surface area contributed by atoms with Crippen LogP contribution in [0.1, 0.15) is 57.2 Å². The highest BCUT2D eigenvalue weighted by atomic mass is 16.6. The molecule has 0 aliphatic heterocycles. The van der Waals surface area contributed by atoms with Crippen molar-refractivity contribution in [3.63, 3.8) is 0 Å². The lowest BCUT2D eigenvalue weighted by Crippen LogP contribution is -2.40. The number of nitrogens with zero attached hydrogens (tertiary/aromatic N) is 2. The number of carboxylic acid groups (broad SMARTS) is 1. The van der Waals surface area contributed by atoms with E-state index in [1.165, 1.54) is 4.90 Å². The maximum atomic E-state index is 12.9. The lowest BCUT2D eigenvalue weighted by molar-refractivity contribution is -0.138. The summed E-state index contributed by atoms with van der Waals surface area (Å²) in [5.74, 6) is -1.54. The molecule has 240 valence electrons. The summed E-state index contributed by atoms with van der Waals surface area (Å²) in [5.41, 5.74) is 2.87. The molecule has 0 radical (unpaired) electrons. The molecular formula is C36H40N4O6. The van der Waals surface area contributed by atoms with Crippen LogP contribution in [0, 0.1) is 6.92 Å². The minimum Gasteiger partial charge on any atom is -0.481 e. The van der Waals surface area contributed by atoms with Gasteiger partial charge in [0.2, 0.25) is 11.8 Å². The normalized spacial score (nSPS) is 11.8. The Bertz CT molecular complexity index is 1690. The number of pyridine rings is 1. The van der Waals surface area contributed by atoms with Gasteiger partial charge in [-0.1, -0.05) is 66.7 Å². The zero-order valence-electron chi connectivity index (χ0n) is 26.6. The number of hydrogen-bond acceptors (Lipinski definition) is 6.